The highest BCUT2D eigenvalue weighted by Crippen LogP contribution is 2.35. The van der Waals surface area contributed by atoms with E-state index < -0.39 is 23.9 Å². The third-order valence-corrected chi connectivity index (χ3v) is 4.13. The van der Waals surface area contributed by atoms with Crippen molar-refractivity contribution >= 4 is 17.6 Å². The Balaban J connectivity index is 2.32. The van der Waals surface area contributed by atoms with Crippen LogP contribution in [0.3, 0.4) is 0 Å². The van der Waals surface area contributed by atoms with Crippen LogP contribution in [0.25, 0.3) is 0 Å². The molecule has 0 unspecified atom stereocenters. The van der Waals surface area contributed by atoms with E-state index in [1.165, 1.54) is 26.2 Å². The van der Waals surface area contributed by atoms with Crippen LogP contribution >= 0.6 is 0 Å². The number of carbonyl (C=O) groups is 2. The molecule has 23 heavy (non-hydrogen) atoms. The van der Waals surface area contributed by atoms with Crippen molar-refractivity contribution in [3.63, 3.8) is 0 Å². The van der Waals surface area contributed by atoms with Crippen LogP contribution in [0.2, 0.25) is 0 Å². The molecule has 126 valence electrons. The number of phenolic OH excluding ortho intramolecular Hbond substituents is 1. The zero-order valence-corrected chi connectivity index (χ0v) is 13.3. The van der Waals surface area contributed by atoms with Crippen molar-refractivity contribution in [3.05, 3.63) is 24.0 Å². The van der Waals surface area contributed by atoms with Crippen molar-refractivity contribution in [1.29, 1.82) is 0 Å². The Hall–Kier alpha value is -2.31. The molecule has 1 N–H and O–H groups in total. The molecule has 7 heteroatoms. The highest BCUT2D eigenvalue weighted by Gasteiger charge is 2.42. The van der Waals surface area contributed by atoms with Gasteiger partial charge in [-0.1, -0.05) is 6.92 Å². The predicted molar refractivity (Wildman–Crippen MR) is 80.5 cm³/mol. The van der Waals surface area contributed by atoms with Crippen LogP contribution in [0.15, 0.2) is 18.2 Å². The molecule has 1 saturated heterocycles. The summed E-state index contributed by atoms with van der Waals surface area (Å²) in [5, 5.41) is 9.35. The summed E-state index contributed by atoms with van der Waals surface area (Å²) in [5.74, 6) is -1.80. The van der Waals surface area contributed by atoms with E-state index in [4.69, 9.17) is 9.47 Å². The second kappa shape index (κ2) is 6.85. The molecular weight excluding hydrogens is 305 g/mol. The monoisotopic (exact) mass is 325 g/mol. The highest BCUT2D eigenvalue weighted by molar-refractivity contribution is 5.71. The summed E-state index contributed by atoms with van der Waals surface area (Å²) in [7, 11) is 1.29. The van der Waals surface area contributed by atoms with Crippen molar-refractivity contribution in [2.45, 2.75) is 32.4 Å². The fourth-order valence-corrected chi connectivity index (χ4v) is 2.94. The minimum atomic E-state index is -0.601. The Morgan fingerprint density at radius 1 is 1.43 bits per heavy atom. The van der Waals surface area contributed by atoms with E-state index in [2.05, 4.69) is 0 Å². The lowest BCUT2D eigenvalue weighted by atomic mass is 9.97. The summed E-state index contributed by atoms with van der Waals surface area (Å²) in [6, 6.07) is 3.45. The first-order chi connectivity index (χ1) is 10.8. The minimum absolute atomic E-state index is 0.0513. The second-order valence-corrected chi connectivity index (χ2v) is 5.64. The van der Waals surface area contributed by atoms with Crippen molar-refractivity contribution in [2.75, 3.05) is 18.6 Å². The number of ether oxygens (including phenoxy) is 2. The standard InChI is InChI=1S/C16H20FNO5/c1-9-14(7-16(21)22-3)18(8-15(9)23-10(2)19)13-5-4-11(20)6-12(13)17/h4-6,9,14-15,20H,7-8H2,1-3H3/t9-,14-,15-/m0/s1. The van der Waals surface area contributed by atoms with Gasteiger partial charge in [0, 0.05) is 24.9 Å². The number of methoxy groups -OCH3 is 1. The van der Waals surface area contributed by atoms with Crippen molar-refractivity contribution in [1.82, 2.24) is 0 Å². The molecule has 1 fully saturated rings. The Morgan fingerprint density at radius 2 is 2.13 bits per heavy atom. The van der Waals surface area contributed by atoms with Crippen molar-refractivity contribution < 1.29 is 28.6 Å². The second-order valence-electron chi connectivity index (χ2n) is 5.64. The minimum Gasteiger partial charge on any atom is -0.508 e. The van der Waals surface area contributed by atoms with Crippen molar-refractivity contribution in [2.24, 2.45) is 5.92 Å². The van der Waals surface area contributed by atoms with Gasteiger partial charge >= 0.3 is 11.9 Å². The first-order valence-corrected chi connectivity index (χ1v) is 7.32. The number of aromatic hydroxyl groups is 1. The number of phenols is 1. The van der Waals surface area contributed by atoms with E-state index in [0.717, 1.165) is 6.07 Å². The van der Waals surface area contributed by atoms with Crippen LogP contribution < -0.4 is 4.90 Å². The number of nitrogens with zero attached hydrogens (tertiary/aromatic N) is 1. The molecule has 0 aromatic heterocycles. The van der Waals surface area contributed by atoms with E-state index >= 15 is 0 Å². The van der Waals surface area contributed by atoms with Gasteiger partial charge in [0.15, 0.2) is 0 Å². The Labute approximate surface area is 133 Å². The molecule has 1 aliphatic heterocycles. The van der Waals surface area contributed by atoms with Crippen LogP contribution in [0.4, 0.5) is 10.1 Å². The summed E-state index contributed by atoms with van der Waals surface area (Å²) in [6.07, 6.45) is -0.397. The molecule has 1 aromatic rings. The van der Waals surface area contributed by atoms with Crippen LogP contribution in [0.1, 0.15) is 20.3 Å². The lowest BCUT2D eigenvalue weighted by Crippen LogP contribution is -2.35. The van der Waals surface area contributed by atoms with E-state index in [1.54, 1.807) is 4.90 Å². The molecular formula is C16H20FNO5. The maximum Gasteiger partial charge on any atom is 0.307 e. The van der Waals surface area contributed by atoms with Gasteiger partial charge in [0.25, 0.3) is 0 Å². The zero-order chi connectivity index (χ0) is 17.1. The number of benzene rings is 1. The van der Waals surface area contributed by atoms with Gasteiger partial charge in [-0.25, -0.2) is 4.39 Å². The Morgan fingerprint density at radius 3 is 2.70 bits per heavy atom. The third-order valence-electron chi connectivity index (χ3n) is 4.13. The molecule has 3 atom stereocenters. The molecule has 1 aliphatic rings. The van der Waals surface area contributed by atoms with Gasteiger partial charge in [-0.2, -0.15) is 0 Å². The molecule has 0 amide bonds. The number of carbonyl (C=O) groups excluding carboxylic acids is 2. The molecule has 0 radical (unpaired) electrons. The largest absolute Gasteiger partial charge is 0.508 e. The predicted octanol–water partition coefficient (Wildman–Crippen LogP) is 1.85. The van der Waals surface area contributed by atoms with Gasteiger partial charge in [-0.05, 0) is 12.1 Å². The average molecular weight is 325 g/mol. The van der Waals surface area contributed by atoms with Crippen LogP contribution in [0, 0.1) is 11.7 Å². The van der Waals surface area contributed by atoms with E-state index in [0.29, 0.717) is 0 Å². The molecule has 0 spiro atoms. The summed E-state index contributed by atoms with van der Waals surface area (Å²) in [6.45, 7) is 3.43. The molecule has 6 nitrogen and oxygen atoms in total. The van der Waals surface area contributed by atoms with Crippen LogP contribution in [-0.2, 0) is 19.1 Å². The first kappa shape index (κ1) is 17.1. The van der Waals surface area contributed by atoms with Crippen LogP contribution in [0.5, 0.6) is 5.75 Å². The lowest BCUT2D eigenvalue weighted by Gasteiger charge is -2.27. The molecule has 2 rings (SSSR count). The number of hydrogen-bond acceptors (Lipinski definition) is 6. The molecule has 0 aliphatic carbocycles. The number of hydrogen-bond donors (Lipinski definition) is 1. The molecule has 0 saturated carbocycles. The van der Waals surface area contributed by atoms with E-state index in [1.807, 2.05) is 6.92 Å². The SMILES string of the molecule is COC(=O)C[C@H]1[C@H](C)[C@@H](OC(C)=O)CN1c1ccc(O)cc1F. The average Bonchev–Trinajstić information content (AvgIpc) is 2.75. The highest BCUT2D eigenvalue weighted by atomic mass is 19.1. The number of rotatable bonds is 4. The van der Waals surface area contributed by atoms with Crippen molar-refractivity contribution in [3.8, 4) is 5.75 Å². The molecule has 1 heterocycles. The maximum absolute atomic E-state index is 14.2. The van der Waals surface area contributed by atoms with Crippen LogP contribution in [-0.4, -0.2) is 42.8 Å². The summed E-state index contributed by atoms with van der Waals surface area (Å²) in [5.41, 5.74) is 0.248. The van der Waals surface area contributed by atoms with Gasteiger partial charge in [-0.15, -0.1) is 0 Å². The summed E-state index contributed by atoms with van der Waals surface area (Å²) < 4.78 is 24.2. The quantitative estimate of drug-likeness (QED) is 0.852. The first-order valence-electron chi connectivity index (χ1n) is 7.32. The smallest absolute Gasteiger partial charge is 0.307 e. The zero-order valence-electron chi connectivity index (χ0n) is 13.3. The topological polar surface area (TPSA) is 76.1 Å². The Bertz CT molecular complexity index is 606. The van der Waals surface area contributed by atoms with Gasteiger partial charge in [0.2, 0.25) is 0 Å². The van der Waals surface area contributed by atoms with Gasteiger partial charge in [-0.3, -0.25) is 9.59 Å². The fraction of sp³-hybridized carbons (Fsp3) is 0.500. The summed E-state index contributed by atoms with van der Waals surface area (Å²) in [4.78, 5) is 24.6. The number of halogens is 1. The Kier molecular flexibility index (Phi) is 5.08. The normalized spacial score (nSPS) is 23.7. The van der Waals surface area contributed by atoms with Gasteiger partial charge < -0.3 is 19.5 Å². The van der Waals surface area contributed by atoms with E-state index in [-0.39, 0.29) is 36.4 Å². The van der Waals surface area contributed by atoms with Gasteiger partial charge in [0.1, 0.15) is 17.7 Å². The summed E-state index contributed by atoms with van der Waals surface area (Å²) >= 11 is 0. The van der Waals surface area contributed by atoms with E-state index in [9.17, 15) is 19.1 Å². The lowest BCUT2D eigenvalue weighted by molar-refractivity contribution is -0.147. The fourth-order valence-electron chi connectivity index (χ4n) is 2.94. The number of esters is 2. The number of anilines is 1. The van der Waals surface area contributed by atoms with Gasteiger partial charge in [0.05, 0.1) is 25.8 Å². The maximum atomic E-state index is 14.2. The third kappa shape index (κ3) is 3.72. The molecule has 1 aromatic carbocycles. The molecule has 0 bridgehead atoms.